The molecule has 1 heterocycles. The second kappa shape index (κ2) is 5.80. The van der Waals surface area contributed by atoms with Gasteiger partial charge in [-0.3, -0.25) is 0 Å². The topological polar surface area (TPSA) is 48.1 Å². The third kappa shape index (κ3) is 3.28. The Morgan fingerprint density at radius 2 is 2.12 bits per heavy atom. The molecule has 3 nitrogen and oxygen atoms in total. The van der Waals surface area contributed by atoms with E-state index in [9.17, 15) is 0 Å². The molecule has 0 aliphatic carbocycles. The smallest absolute Gasteiger partial charge is 0.123 e. The van der Waals surface area contributed by atoms with Crippen molar-refractivity contribution in [3.63, 3.8) is 0 Å². The quantitative estimate of drug-likeness (QED) is 0.885. The van der Waals surface area contributed by atoms with Gasteiger partial charge in [-0.1, -0.05) is 0 Å². The van der Waals surface area contributed by atoms with Crippen LogP contribution >= 0.6 is 11.3 Å². The standard InChI is InChI=1S/C13H16N2OS/c1-10(6-7-14)16-12-4-2-11(3-5-12)13-15-8-9-17-13/h2-5,8-10H,6-7,14H2,1H3. The zero-order valence-electron chi connectivity index (χ0n) is 9.80. The molecule has 90 valence electrons. The normalized spacial score (nSPS) is 12.4. The van der Waals surface area contributed by atoms with Gasteiger partial charge >= 0.3 is 0 Å². The molecule has 0 saturated carbocycles. The first-order valence-corrected chi connectivity index (χ1v) is 6.54. The first-order valence-electron chi connectivity index (χ1n) is 5.66. The van der Waals surface area contributed by atoms with Crippen molar-refractivity contribution in [2.24, 2.45) is 5.73 Å². The van der Waals surface area contributed by atoms with Crippen molar-refractivity contribution in [1.82, 2.24) is 4.98 Å². The Bertz CT molecular complexity index is 439. The van der Waals surface area contributed by atoms with E-state index in [1.54, 1.807) is 11.3 Å². The Balaban J connectivity index is 2.03. The maximum Gasteiger partial charge on any atom is 0.123 e. The van der Waals surface area contributed by atoms with E-state index in [4.69, 9.17) is 10.5 Å². The number of hydrogen-bond donors (Lipinski definition) is 1. The maximum atomic E-state index is 5.73. The fraction of sp³-hybridized carbons (Fsp3) is 0.308. The van der Waals surface area contributed by atoms with Gasteiger partial charge in [0.25, 0.3) is 0 Å². The molecule has 2 N–H and O–H groups in total. The summed E-state index contributed by atoms with van der Waals surface area (Å²) in [6.07, 6.45) is 2.84. The van der Waals surface area contributed by atoms with E-state index < -0.39 is 0 Å². The highest BCUT2D eigenvalue weighted by Crippen LogP contribution is 2.24. The fourth-order valence-corrected chi connectivity index (χ4v) is 2.21. The first-order chi connectivity index (χ1) is 8.29. The van der Waals surface area contributed by atoms with Gasteiger partial charge in [-0.2, -0.15) is 0 Å². The minimum atomic E-state index is 0.158. The van der Waals surface area contributed by atoms with Crippen molar-refractivity contribution in [1.29, 1.82) is 0 Å². The Morgan fingerprint density at radius 1 is 1.35 bits per heavy atom. The number of benzene rings is 1. The van der Waals surface area contributed by atoms with Crippen LogP contribution in [0, 0.1) is 0 Å². The third-order valence-corrected chi connectivity index (χ3v) is 3.27. The lowest BCUT2D eigenvalue weighted by atomic mass is 10.2. The zero-order valence-corrected chi connectivity index (χ0v) is 10.6. The van der Waals surface area contributed by atoms with Crippen LogP contribution < -0.4 is 10.5 Å². The molecule has 17 heavy (non-hydrogen) atoms. The van der Waals surface area contributed by atoms with Gasteiger partial charge < -0.3 is 10.5 Å². The average molecular weight is 248 g/mol. The average Bonchev–Trinajstić information content (AvgIpc) is 2.84. The summed E-state index contributed by atoms with van der Waals surface area (Å²) in [6.45, 7) is 2.68. The molecule has 1 atom stereocenters. The fourth-order valence-electron chi connectivity index (χ4n) is 1.57. The van der Waals surface area contributed by atoms with Crippen LogP contribution in [0.3, 0.4) is 0 Å². The molecule has 1 aromatic heterocycles. The SMILES string of the molecule is CC(CCN)Oc1ccc(-c2nccs2)cc1. The van der Waals surface area contributed by atoms with Gasteiger partial charge in [-0.15, -0.1) is 11.3 Å². The monoisotopic (exact) mass is 248 g/mol. The molecule has 0 spiro atoms. The predicted molar refractivity (Wildman–Crippen MR) is 71.3 cm³/mol. The lowest BCUT2D eigenvalue weighted by molar-refractivity contribution is 0.214. The van der Waals surface area contributed by atoms with E-state index in [1.807, 2.05) is 42.8 Å². The zero-order chi connectivity index (χ0) is 12.1. The highest BCUT2D eigenvalue weighted by Gasteiger charge is 2.04. The summed E-state index contributed by atoms with van der Waals surface area (Å²) in [5.41, 5.74) is 6.61. The van der Waals surface area contributed by atoms with Crippen molar-refractivity contribution >= 4 is 11.3 Å². The molecule has 0 saturated heterocycles. The van der Waals surface area contributed by atoms with Crippen molar-refractivity contribution in [2.45, 2.75) is 19.4 Å². The molecular weight excluding hydrogens is 232 g/mol. The number of nitrogens with two attached hydrogens (primary N) is 1. The molecule has 1 aromatic carbocycles. The number of nitrogens with zero attached hydrogens (tertiary/aromatic N) is 1. The minimum Gasteiger partial charge on any atom is -0.491 e. The molecule has 0 amide bonds. The summed E-state index contributed by atoms with van der Waals surface area (Å²) in [5, 5.41) is 3.01. The largest absolute Gasteiger partial charge is 0.491 e. The van der Waals surface area contributed by atoms with Crippen molar-refractivity contribution in [2.75, 3.05) is 6.54 Å². The van der Waals surface area contributed by atoms with Gasteiger partial charge in [0.05, 0.1) is 6.10 Å². The molecule has 2 rings (SSSR count). The van der Waals surface area contributed by atoms with Gasteiger partial charge in [0.1, 0.15) is 10.8 Å². The number of thiazole rings is 1. The first kappa shape index (κ1) is 12.1. The van der Waals surface area contributed by atoms with Crippen LogP contribution in [-0.4, -0.2) is 17.6 Å². The lowest BCUT2D eigenvalue weighted by Gasteiger charge is -2.13. The lowest BCUT2D eigenvalue weighted by Crippen LogP contribution is -2.16. The molecule has 1 unspecified atom stereocenters. The summed E-state index contributed by atoms with van der Waals surface area (Å²) in [4.78, 5) is 4.27. The van der Waals surface area contributed by atoms with Gasteiger partial charge in [0.2, 0.25) is 0 Å². The van der Waals surface area contributed by atoms with Crippen LogP contribution in [0.25, 0.3) is 10.6 Å². The van der Waals surface area contributed by atoms with Crippen LogP contribution in [0.4, 0.5) is 0 Å². The molecule has 0 bridgehead atoms. The Hall–Kier alpha value is -1.39. The van der Waals surface area contributed by atoms with E-state index in [-0.39, 0.29) is 6.10 Å². The molecule has 0 aliphatic heterocycles. The Kier molecular flexibility index (Phi) is 4.12. The summed E-state index contributed by atoms with van der Waals surface area (Å²) in [5.74, 6) is 0.881. The Morgan fingerprint density at radius 3 is 2.71 bits per heavy atom. The summed E-state index contributed by atoms with van der Waals surface area (Å²) < 4.78 is 5.73. The summed E-state index contributed by atoms with van der Waals surface area (Å²) in [6, 6.07) is 8.01. The third-order valence-electron chi connectivity index (χ3n) is 2.44. The molecule has 0 fully saturated rings. The molecule has 0 aliphatic rings. The van der Waals surface area contributed by atoms with E-state index >= 15 is 0 Å². The van der Waals surface area contributed by atoms with Gasteiger partial charge in [-0.05, 0) is 44.2 Å². The van der Waals surface area contributed by atoms with E-state index in [1.165, 1.54) is 0 Å². The second-order valence-corrected chi connectivity index (χ2v) is 4.76. The van der Waals surface area contributed by atoms with Crippen molar-refractivity contribution in [3.8, 4) is 16.3 Å². The maximum absolute atomic E-state index is 5.73. The van der Waals surface area contributed by atoms with E-state index in [2.05, 4.69) is 4.98 Å². The van der Waals surface area contributed by atoms with E-state index in [0.29, 0.717) is 6.54 Å². The number of rotatable bonds is 5. The number of ether oxygens (including phenoxy) is 1. The van der Waals surface area contributed by atoms with Crippen LogP contribution in [0.15, 0.2) is 35.8 Å². The Labute approximate surface area is 105 Å². The van der Waals surface area contributed by atoms with Gasteiger partial charge in [-0.25, -0.2) is 4.98 Å². The molecule has 4 heteroatoms. The van der Waals surface area contributed by atoms with Crippen LogP contribution in [-0.2, 0) is 0 Å². The van der Waals surface area contributed by atoms with Crippen LogP contribution in [0.5, 0.6) is 5.75 Å². The highest BCUT2D eigenvalue weighted by atomic mass is 32.1. The van der Waals surface area contributed by atoms with Crippen molar-refractivity contribution in [3.05, 3.63) is 35.8 Å². The molecule has 0 radical (unpaired) electrons. The summed E-state index contributed by atoms with van der Waals surface area (Å²) >= 11 is 1.64. The highest BCUT2D eigenvalue weighted by molar-refractivity contribution is 7.13. The predicted octanol–water partition coefficient (Wildman–Crippen LogP) is 2.93. The van der Waals surface area contributed by atoms with Gasteiger partial charge in [0.15, 0.2) is 0 Å². The molecule has 2 aromatic rings. The van der Waals surface area contributed by atoms with Crippen molar-refractivity contribution < 1.29 is 4.74 Å². The number of aromatic nitrogens is 1. The second-order valence-electron chi connectivity index (χ2n) is 3.87. The summed E-state index contributed by atoms with van der Waals surface area (Å²) in [7, 11) is 0. The van der Waals surface area contributed by atoms with Crippen LogP contribution in [0.1, 0.15) is 13.3 Å². The van der Waals surface area contributed by atoms with Gasteiger partial charge in [0, 0.05) is 17.1 Å². The van der Waals surface area contributed by atoms with Crippen LogP contribution in [0.2, 0.25) is 0 Å². The van der Waals surface area contributed by atoms with E-state index in [0.717, 1.165) is 22.7 Å². The molecular formula is C13H16N2OS. The number of hydrogen-bond acceptors (Lipinski definition) is 4. The minimum absolute atomic E-state index is 0.158.